The number of para-hydroxylation sites is 2. The van der Waals surface area contributed by atoms with Crippen molar-refractivity contribution in [1.29, 1.82) is 0 Å². The second kappa shape index (κ2) is 12.6. The average Bonchev–Trinajstić information content (AvgIpc) is 3.65. The maximum absolute atomic E-state index is 3.90. The molecule has 2 aromatic heterocycles. The highest BCUT2D eigenvalue weighted by Crippen LogP contribution is 2.43. The number of fused-ring (bicyclic) bond motifs is 2. The van der Waals surface area contributed by atoms with Gasteiger partial charge in [-0.2, -0.15) is 0 Å². The van der Waals surface area contributed by atoms with E-state index >= 15 is 0 Å². The molecule has 5 nitrogen and oxygen atoms in total. The molecule has 2 aliphatic heterocycles. The predicted molar refractivity (Wildman–Crippen MR) is 210 cm³/mol. The molecule has 2 N–H and O–H groups in total. The van der Waals surface area contributed by atoms with Gasteiger partial charge in [-0.3, -0.25) is 9.88 Å². The topological polar surface area (TPSA) is 37.2 Å². The Morgan fingerprint density at radius 1 is 0.686 bits per heavy atom. The van der Waals surface area contributed by atoms with Crippen LogP contribution >= 0.6 is 0 Å². The Morgan fingerprint density at radius 2 is 1.37 bits per heavy atom. The Bertz CT molecular complexity index is 2480. The number of nitrogens with one attached hydrogen (secondary N) is 2. The third kappa shape index (κ3) is 5.24. The molecule has 0 aliphatic carbocycles. The number of aromatic nitrogens is 2. The molecule has 0 spiro atoms. The summed E-state index contributed by atoms with van der Waals surface area (Å²) in [6.07, 6.45) is 6.84. The van der Waals surface area contributed by atoms with Crippen LogP contribution in [-0.2, 0) is 0 Å². The van der Waals surface area contributed by atoms with Crippen molar-refractivity contribution >= 4 is 33.3 Å². The molecule has 51 heavy (non-hydrogen) atoms. The van der Waals surface area contributed by atoms with Gasteiger partial charge in [-0.25, -0.2) is 0 Å². The zero-order valence-electron chi connectivity index (χ0n) is 29.1. The lowest BCUT2D eigenvalue weighted by Crippen LogP contribution is -2.49. The van der Waals surface area contributed by atoms with Crippen LogP contribution in [0.3, 0.4) is 0 Å². The summed E-state index contributed by atoms with van der Waals surface area (Å²) in [4.78, 5) is 2.38. The van der Waals surface area contributed by atoms with E-state index in [9.17, 15) is 0 Å². The first-order chi connectivity index (χ1) is 25.1. The monoisotopic (exact) mass is 661 g/mol. The molecule has 248 valence electrons. The molecule has 0 saturated carbocycles. The number of likely N-dealkylation sites (N-methyl/N-ethyl adjacent to an activating group) is 1. The largest absolute Gasteiger partial charge is 0.366 e. The molecule has 0 amide bonds. The predicted octanol–water partition coefficient (Wildman–Crippen LogP) is 9.44. The standard InChI is InChI=1S/C46H39N5/c1-31-37-23-13-15-25-41(37)50(36-21-11-6-12-22-36)44(31)45-32(2)38-24-14-16-26-42(38)51(45)43-28-27-35(30-49(43)3)46-47-39(33-17-7-4-8-18-33)29-40(48-46)34-19-9-5-10-20-34/h4-13,15-23,25-29,39,46-48H,30H2,1-3H3. The number of rotatable bonds is 6. The lowest BCUT2D eigenvalue weighted by atomic mass is 9.98. The van der Waals surface area contributed by atoms with Gasteiger partial charge >= 0.3 is 0 Å². The van der Waals surface area contributed by atoms with Crippen LogP contribution < -0.4 is 10.6 Å². The first-order valence-electron chi connectivity index (χ1n) is 17.6. The Morgan fingerprint density at radius 3 is 2.14 bits per heavy atom. The van der Waals surface area contributed by atoms with Crippen molar-refractivity contribution in [2.24, 2.45) is 0 Å². The SMILES string of the molecule is Cc1c(-c2c(C)c3ccccc3n2-c2ccccc2)n(C2=CC=C(C3NC(c4ccccc4)=CC(c4ccccc4)N3)CN2C)c2ccc#cc12. The molecule has 2 aliphatic rings. The molecule has 2 unspecified atom stereocenters. The third-order valence-corrected chi connectivity index (χ3v) is 10.4. The highest BCUT2D eigenvalue weighted by molar-refractivity contribution is 5.99. The van der Waals surface area contributed by atoms with E-state index < -0.39 is 0 Å². The highest BCUT2D eigenvalue weighted by atomic mass is 15.3. The Balaban J connectivity index is 1.19. The zero-order valence-corrected chi connectivity index (χ0v) is 29.1. The minimum atomic E-state index is -0.0518. The molecule has 2 atom stereocenters. The summed E-state index contributed by atoms with van der Waals surface area (Å²) in [7, 11) is 2.20. The minimum absolute atomic E-state index is 0.0518. The van der Waals surface area contributed by atoms with E-state index in [2.05, 4.69) is 197 Å². The molecule has 0 bridgehead atoms. The van der Waals surface area contributed by atoms with Crippen LogP contribution in [0.1, 0.15) is 28.3 Å². The van der Waals surface area contributed by atoms with Crippen LogP contribution in [0.4, 0.5) is 0 Å². The van der Waals surface area contributed by atoms with Crippen molar-refractivity contribution in [2.45, 2.75) is 26.1 Å². The summed E-state index contributed by atoms with van der Waals surface area (Å²) in [5.41, 5.74) is 13.1. The fourth-order valence-corrected chi connectivity index (χ4v) is 7.95. The zero-order chi connectivity index (χ0) is 34.5. The van der Waals surface area contributed by atoms with Crippen LogP contribution in [0.25, 0.3) is 50.4 Å². The van der Waals surface area contributed by atoms with Crippen LogP contribution in [-0.4, -0.2) is 33.8 Å². The van der Waals surface area contributed by atoms with Gasteiger partial charge in [0.05, 0.1) is 33.8 Å². The Labute approximate surface area is 299 Å². The Kier molecular flexibility index (Phi) is 7.60. The van der Waals surface area contributed by atoms with Crippen LogP contribution in [0, 0.1) is 26.0 Å². The van der Waals surface area contributed by atoms with Crippen molar-refractivity contribution in [3.05, 3.63) is 186 Å². The molecule has 9 rings (SSSR count). The summed E-state index contributed by atoms with van der Waals surface area (Å²) < 4.78 is 4.86. The van der Waals surface area contributed by atoms with Gasteiger partial charge < -0.3 is 14.8 Å². The first-order valence-corrected chi connectivity index (χ1v) is 17.6. The molecule has 0 fully saturated rings. The second-order valence-electron chi connectivity index (χ2n) is 13.5. The summed E-state index contributed by atoms with van der Waals surface area (Å²) in [6.45, 7) is 5.24. The summed E-state index contributed by atoms with van der Waals surface area (Å²) >= 11 is 0. The second-order valence-corrected chi connectivity index (χ2v) is 13.5. The summed E-state index contributed by atoms with van der Waals surface area (Å²) in [5, 5.41) is 10.1. The van der Waals surface area contributed by atoms with Gasteiger partial charge in [0.25, 0.3) is 0 Å². The van der Waals surface area contributed by atoms with Gasteiger partial charge in [-0.1, -0.05) is 115 Å². The van der Waals surface area contributed by atoms with Crippen LogP contribution in [0.15, 0.2) is 151 Å². The molecule has 0 radical (unpaired) electrons. The smallest absolute Gasteiger partial charge is 0.113 e. The van der Waals surface area contributed by atoms with E-state index in [0.29, 0.717) is 0 Å². The summed E-state index contributed by atoms with van der Waals surface area (Å²) in [5.74, 6) is 1.12. The van der Waals surface area contributed by atoms with Gasteiger partial charge in [-0.05, 0) is 84.2 Å². The maximum atomic E-state index is 3.90. The van der Waals surface area contributed by atoms with Crippen molar-refractivity contribution in [3.8, 4) is 17.1 Å². The highest BCUT2D eigenvalue weighted by Gasteiger charge is 2.30. The van der Waals surface area contributed by atoms with Gasteiger partial charge in [0, 0.05) is 30.4 Å². The van der Waals surface area contributed by atoms with Gasteiger partial charge in [0.2, 0.25) is 0 Å². The van der Waals surface area contributed by atoms with Gasteiger partial charge in [0.1, 0.15) is 12.0 Å². The number of benzene rings is 4. The maximum Gasteiger partial charge on any atom is 0.113 e. The van der Waals surface area contributed by atoms with Crippen molar-refractivity contribution in [1.82, 2.24) is 24.7 Å². The van der Waals surface area contributed by atoms with E-state index in [1.807, 2.05) is 6.07 Å². The normalized spacial score (nSPS) is 17.5. The van der Waals surface area contributed by atoms with E-state index in [-0.39, 0.29) is 12.2 Å². The quantitative estimate of drug-likeness (QED) is 0.187. The lowest BCUT2D eigenvalue weighted by molar-refractivity contribution is 0.418. The summed E-state index contributed by atoms with van der Waals surface area (Å²) in [6, 6.07) is 51.7. The first kappa shape index (κ1) is 30.8. The molecule has 5 heteroatoms. The number of aryl methyl sites for hydroxylation is 2. The number of nitrogens with zero attached hydrogens (tertiary/aromatic N) is 3. The molecule has 4 heterocycles. The third-order valence-electron chi connectivity index (χ3n) is 10.4. The van der Waals surface area contributed by atoms with Gasteiger partial charge in [-0.15, -0.1) is 0 Å². The van der Waals surface area contributed by atoms with Crippen molar-refractivity contribution in [3.63, 3.8) is 0 Å². The molecular weight excluding hydrogens is 623 g/mol. The number of allylic oxidation sites excluding steroid dienone is 2. The van der Waals surface area contributed by atoms with Gasteiger partial charge in [0.15, 0.2) is 0 Å². The fraction of sp³-hybridized carbons (Fsp3) is 0.130. The minimum Gasteiger partial charge on any atom is -0.366 e. The van der Waals surface area contributed by atoms with E-state index in [0.717, 1.165) is 34.7 Å². The van der Waals surface area contributed by atoms with Crippen LogP contribution in [0.5, 0.6) is 0 Å². The van der Waals surface area contributed by atoms with E-state index in [1.165, 1.54) is 50.1 Å². The fourth-order valence-electron chi connectivity index (χ4n) is 7.95. The molecular formula is C46H39N5. The molecule has 7 aromatic rings. The Hall–Kier alpha value is -6.22. The lowest BCUT2D eigenvalue weighted by Gasteiger charge is -2.38. The number of hydrogen-bond acceptors (Lipinski definition) is 3. The van der Waals surface area contributed by atoms with E-state index in [4.69, 9.17) is 0 Å². The number of hydrogen-bond donors (Lipinski definition) is 2. The molecule has 5 aromatic carbocycles. The van der Waals surface area contributed by atoms with Crippen LogP contribution in [0.2, 0.25) is 0 Å². The van der Waals surface area contributed by atoms with Crippen molar-refractivity contribution in [2.75, 3.05) is 13.6 Å². The van der Waals surface area contributed by atoms with E-state index in [1.54, 1.807) is 0 Å². The average molecular weight is 662 g/mol. The molecule has 0 saturated heterocycles. The van der Waals surface area contributed by atoms with Crippen molar-refractivity contribution < 1.29 is 0 Å².